The van der Waals surface area contributed by atoms with Gasteiger partial charge in [-0.15, -0.1) is 10.2 Å². The van der Waals surface area contributed by atoms with E-state index in [2.05, 4.69) is 33.1 Å². The predicted octanol–water partition coefficient (Wildman–Crippen LogP) is 2.35. The number of anilines is 1. The Kier molecular flexibility index (Phi) is 4.75. The van der Waals surface area contributed by atoms with Gasteiger partial charge >= 0.3 is 0 Å². The minimum atomic E-state index is 0.0993. The number of rotatable bonds is 4. The summed E-state index contributed by atoms with van der Waals surface area (Å²) in [6.45, 7) is 7.09. The van der Waals surface area contributed by atoms with Crippen molar-refractivity contribution in [1.82, 2.24) is 24.5 Å². The smallest absolute Gasteiger partial charge is 0.256 e. The van der Waals surface area contributed by atoms with Crippen LogP contribution in [-0.4, -0.2) is 56.6 Å². The summed E-state index contributed by atoms with van der Waals surface area (Å²) in [5.41, 5.74) is 3.08. The van der Waals surface area contributed by atoms with Crippen molar-refractivity contribution >= 4 is 17.5 Å². The van der Waals surface area contributed by atoms with Gasteiger partial charge in [0, 0.05) is 43.5 Å². The molecule has 1 aromatic carbocycles. The molecule has 1 aliphatic rings. The fourth-order valence-corrected chi connectivity index (χ4v) is 3.49. The summed E-state index contributed by atoms with van der Waals surface area (Å²) in [6, 6.07) is 9.90. The second-order valence-electron chi connectivity index (χ2n) is 7.00. The van der Waals surface area contributed by atoms with Gasteiger partial charge in [0.1, 0.15) is 12.1 Å². The van der Waals surface area contributed by atoms with E-state index in [1.165, 1.54) is 5.69 Å². The maximum absolute atomic E-state index is 12.7. The summed E-state index contributed by atoms with van der Waals surface area (Å²) in [4.78, 5) is 21.5. The van der Waals surface area contributed by atoms with Gasteiger partial charge in [-0.05, 0) is 25.5 Å². The van der Waals surface area contributed by atoms with Crippen LogP contribution in [0, 0.1) is 6.92 Å². The second-order valence-corrected chi connectivity index (χ2v) is 7.00. The van der Waals surface area contributed by atoms with Crippen molar-refractivity contribution in [2.45, 2.75) is 26.7 Å². The third-order valence-corrected chi connectivity index (χ3v) is 5.04. The molecule has 0 N–H and O–H groups in total. The molecule has 140 valence electrons. The fraction of sp³-hybridized carbons (Fsp3) is 0.400. The van der Waals surface area contributed by atoms with E-state index in [1.54, 1.807) is 6.33 Å². The number of benzene rings is 1. The molecule has 2 aromatic heterocycles. The van der Waals surface area contributed by atoms with Crippen molar-refractivity contribution in [2.75, 3.05) is 31.1 Å². The molecule has 3 aromatic rings. The van der Waals surface area contributed by atoms with E-state index < -0.39 is 0 Å². The van der Waals surface area contributed by atoms with Crippen molar-refractivity contribution in [2.24, 2.45) is 0 Å². The van der Waals surface area contributed by atoms with E-state index in [0.717, 1.165) is 42.9 Å². The third-order valence-electron chi connectivity index (χ3n) is 5.04. The third kappa shape index (κ3) is 3.49. The lowest BCUT2D eigenvalue weighted by molar-refractivity contribution is 0.0746. The zero-order valence-electron chi connectivity index (χ0n) is 15.8. The summed E-state index contributed by atoms with van der Waals surface area (Å²) in [5.74, 6) is 1.65. The molecule has 1 saturated heterocycles. The Morgan fingerprint density at radius 3 is 2.56 bits per heavy atom. The second kappa shape index (κ2) is 7.34. The molecule has 0 radical (unpaired) electrons. The summed E-state index contributed by atoms with van der Waals surface area (Å²) < 4.78 is 1.95. The first kappa shape index (κ1) is 17.5. The first-order valence-electron chi connectivity index (χ1n) is 9.46. The van der Waals surface area contributed by atoms with E-state index in [1.807, 2.05) is 40.5 Å². The van der Waals surface area contributed by atoms with E-state index in [0.29, 0.717) is 18.9 Å². The topological polar surface area (TPSA) is 66.6 Å². The van der Waals surface area contributed by atoms with Crippen molar-refractivity contribution in [3.05, 3.63) is 53.5 Å². The Hall–Kier alpha value is -2.96. The number of nitrogens with zero attached hydrogens (tertiary/aromatic N) is 6. The van der Waals surface area contributed by atoms with E-state index in [9.17, 15) is 4.79 Å². The van der Waals surface area contributed by atoms with Crippen LogP contribution in [0.25, 0.3) is 5.78 Å². The van der Waals surface area contributed by atoms with Gasteiger partial charge in [0.25, 0.3) is 11.7 Å². The van der Waals surface area contributed by atoms with Gasteiger partial charge in [0.15, 0.2) is 0 Å². The zero-order chi connectivity index (χ0) is 18.8. The molecule has 1 fully saturated rings. The maximum atomic E-state index is 12.7. The molecule has 4 rings (SSSR count). The summed E-state index contributed by atoms with van der Waals surface area (Å²) in [5, 5.41) is 8.10. The van der Waals surface area contributed by atoms with Crippen molar-refractivity contribution in [1.29, 1.82) is 0 Å². The zero-order valence-corrected chi connectivity index (χ0v) is 15.8. The number of carbonyl (C=O) groups excluding carboxylic acids is 1. The minimum absolute atomic E-state index is 0.0993. The van der Waals surface area contributed by atoms with Crippen molar-refractivity contribution < 1.29 is 4.79 Å². The summed E-state index contributed by atoms with van der Waals surface area (Å²) >= 11 is 0. The standard InChI is InChI=1S/C20H24N6O/c1-3-4-17-13-18(22-20-23-21-14-26(17)20)24-9-11-25(12-10-24)19(27)16-7-5-15(2)6-8-16/h5-8,13-14H,3-4,9-12H2,1-2H3. The quantitative estimate of drug-likeness (QED) is 0.711. The SMILES string of the molecule is CCCc1cc(N2CCN(C(=O)c3ccc(C)cc3)CC2)nc2nncn12. The molecule has 0 bridgehead atoms. The normalized spacial score (nSPS) is 14.7. The molecule has 1 amide bonds. The molecule has 0 atom stereocenters. The lowest BCUT2D eigenvalue weighted by Crippen LogP contribution is -2.49. The Balaban J connectivity index is 1.48. The van der Waals surface area contributed by atoms with Gasteiger partial charge in [-0.1, -0.05) is 31.0 Å². The molecule has 0 saturated carbocycles. The average molecular weight is 364 g/mol. The monoisotopic (exact) mass is 364 g/mol. The number of amides is 1. The first-order valence-corrected chi connectivity index (χ1v) is 9.46. The number of aromatic nitrogens is 4. The lowest BCUT2D eigenvalue weighted by Gasteiger charge is -2.35. The Morgan fingerprint density at radius 2 is 1.85 bits per heavy atom. The highest BCUT2D eigenvalue weighted by Crippen LogP contribution is 2.19. The van der Waals surface area contributed by atoms with Gasteiger partial charge in [0.2, 0.25) is 0 Å². The van der Waals surface area contributed by atoms with Crippen LogP contribution < -0.4 is 4.90 Å². The summed E-state index contributed by atoms with van der Waals surface area (Å²) in [6.07, 6.45) is 3.72. The van der Waals surface area contributed by atoms with Crippen LogP contribution >= 0.6 is 0 Å². The molecule has 1 aliphatic heterocycles. The molecule has 0 aliphatic carbocycles. The highest BCUT2D eigenvalue weighted by molar-refractivity contribution is 5.94. The van der Waals surface area contributed by atoms with E-state index >= 15 is 0 Å². The van der Waals surface area contributed by atoms with Gasteiger partial charge in [-0.25, -0.2) is 0 Å². The number of piperazine rings is 1. The lowest BCUT2D eigenvalue weighted by atomic mass is 10.1. The Labute approximate surface area is 158 Å². The molecule has 27 heavy (non-hydrogen) atoms. The fourth-order valence-electron chi connectivity index (χ4n) is 3.49. The minimum Gasteiger partial charge on any atom is -0.353 e. The Bertz CT molecular complexity index is 941. The Morgan fingerprint density at radius 1 is 1.11 bits per heavy atom. The number of hydrogen-bond acceptors (Lipinski definition) is 5. The van der Waals surface area contributed by atoms with Crippen molar-refractivity contribution in [3.63, 3.8) is 0 Å². The molecule has 0 spiro atoms. The molecule has 0 unspecified atom stereocenters. The molecule has 7 nitrogen and oxygen atoms in total. The van der Waals surface area contributed by atoms with Crippen LogP contribution in [-0.2, 0) is 6.42 Å². The number of hydrogen-bond donors (Lipinski definition) is 0. The van der Waals surface area contributed by atoms with Crippen molar-refractivity contribution in [3.8, 4) is 0 Å². The van der Waals surface area contributed by atoms with E-state index in [-0.39, 0.29) is 5.91 Å². The largest absolute Gasteiger partial charge is 0.353 e. The van der Waals surface area contributed by atoms with Crippen LogP contribution in [0.1, 0.15) is 35.0 Å². The van der Waals surface area contributed by atoms with Crippen LogP contribution in [0.4, 0.5) is 5.82 Å². The van der Waals surface area contributed by atoms with Gasteiger partial charge < -0.3 is 9.80 Å². The van der Waals surface area contributed by atoms with Crippen LogP contribution in [0.5, 0.6) is 0 Å². The average Bonchev–Trinajstić information content (AvgIpc) is 3.17. The van der Waals surface area contributed by atoms with Gasteiger partial charge in [0.05, 0.1) is 0 Å². The van der Waals surface area contributed by atoms with Crippen LogP contribution in [0.2, 0.25) is 0 Å². The molecular formula is C20H24N6O. The molecule has 3 heterocycles. The number of aryl methyl sites for hydroxylation is 2. The highest BCUT2D eigenvalue weighted by Gasteiger charge is 2.23. The highest BCUT2D eigenvalue weighted by atomic mass is 16.2. The first-order chi connectivity index (χ1) is 13.2. The van der Waals surface area contributed by atoms with E-state index in [4.69, 9.17) is 0 Å². The van der Waals surface area contributed by atoms with Gasteiger partial charge in [-0.3, -0.25) is 9.20 Å². The predicted molar refractivity (Wildman–Crippen MR) is 104 cm³/mol. The molecular weight excluding hydrogens is 340 g/mol. The van der Waals surface area contributed by atoms with Crippen LogP contribution in [0.3, 0.4) is 0 Å². The number of fused-ring (bicyclic) bond motifs is 1. The summed E-state index contributed by atoms with van der Waals surface area (Å²) in [7, 11) is 0. The molecule has 7 heteroatoms. The number of carbonyl (C=O) groups is 1. The van der Waals surface area contributed by atoms with Crippen LogP contribution in [0.15, 0.2) is 36.7 Å². The maximum Gasteiger partial charge on any atom is 0.256 e. The van der Waals surface area contributed by atoms with Gasteiger partial charge in [-0.2, -0.15) is 4.98 Å².